The van der Waals surface area contributed by atoms with Gasteiger partial charge < -0.3 is 10.6 Å². The summed E-state index contributed by atoms with van der Waals surface area (Å²) in [5.41, 5.74) is 4.03. The van der Waals surface area contributed by atoms with Gasteiger partial charge in [0.05, 0.1) is 11.2 Å². The van der Waals surface area contributed by atoms with Crippen LogP contribution in [0.1, 0.15) is 24.0 Å². The summed E-state index contributed by atoms with van der Waals surface area (Å²) < 4.78 is 0. The van der Waals surface area contributed by atoms with E-state index in [1.54, 1.807) is 11.3 Å². The summed E-state index contributed by atoms with van der Waals surface area (Å²) in [6.45, 7) is 4.91. The van der Waals surface area contributed by atoms with Gasteiger partial charge in [0, 0.05) is 37.4 Å². The average Bonchev–Trinajstić information content (AvgIpc) is 2.94. The van der Waals surface area contributed by atoms with Gasteiger partial charge in [-0.05, 0) is 6.92 Å². The maximum absolute atomic E-state index is 4.54. The molecule has 0 fully saturated rings. The van der Waals surface area contributed by atoms with E-state index in [4.69, 9.17) is 0 Å². The molecular weight excluding hydrogens is 258 g/mol. The summed E-state index contributed by atoms with van der Waals surface area (Å²) in [6, 6.07) is 0. The van der Waals surface area contributed by atoms with E-state index in [1.807, 2.05) is 19.5 Å². The number of rotatable bonds is 6. The number of hydrogen-bond donors (Lipinski definition) is 2. The van der Waals surface area contributed by atoms with Gasteiger partial charge in [0.2, 0.25) is 0 Å². The summed E-state index contributed by atoms with van der Waals surface area (Å²) >= 11 is 1.63. The molecular formula is C13H19N5S. The van der Waals surface area contributed by atoms with E-state index in [1.165, 1.54) is 0 Å². The predicted octanol–water partition coefficient (Wildman–Crippen LogP) is 2.50. The molecule has 0 spiro atoms. The molecule has 0 bridgehead atoms. The van der Waals surface area contributed by atoms with Gasteiger partial charge in [-0.3, -0.25) is 0 Å². The molecule has 0 aliphatic rings. The normalized spacial score (nSPS) is 10.5. The minimum atomic E-state index is 0.827. The molecule has 0 amide bonds. The molecule has 5 nitrogen and oxygen atoms in total. The van der Waals surface area contributed by atoms with Gasteiger partial charge in [-0.15, -0.1) is 11.3 Å². The van der Waals surface area contributed by atoms with Crippen LogP contribution >= 0.6 is 11.3 Å². The first-order chi connectivity index (χ1) is 9.24. The largest absolute Gasteiger partial charge is 0.373 e. The lowest BCUT2D eigenvalue weighted by atomic mass is 10.2. The molecule has 2 aromatic rings. The highest BCUT2D eigenvalue weighted by Crippen LogP contribution is 2.19. The molecule has 6 heteroatoms. The molecule has 19 heavy (non-hydrogen) atoms. The number of anilines is 2. The van der Waals surface area contributed by atoms with Crippen molar-refractivity contribution in [1.82, 2.24) is 15.0 Å². The van der Waals surface area contributed by atoms with Crippen molar-refractivity contribution in [2.75, 3.05) is 24.2 Å². The van der Waals surface area contributed by atoms with E-state index in [0.717, 1.165) is 48.1 Å². The van der Waals surface area contributed by atoms with E-state index < -0.39 is 0 Å². The van der Waals surface area contributed by atoms with E-state index in [2.05, 4.69) is 37.9 Å². The Kier molecular flexibility index (Phi) is 4.68. The molecule has 0 aliphatic carbocycles. The summed E-state index contributed by atoms with van der Waals surface area (Å²) in [5, 5.41) is 8.56. The zero-order valence-corrected chi connectivity index (χ0v) is 12.3. The minimum Gasteiger partial charge on any atom is -0.373 e. The maximum Gasteiger partial charge on any atom is 0.134 e. The van der Waals surface area contributed by atoms with Gasteiger partial charge in [0.15, 0.2) is 0 Å². The van der Waals surface area contributed by atoms with Gasteiger partial charge >= 0.3 is 0 Å². The first-order valence-electron chi connectivity index (χ1n) is 6.40. The molecule has 0 aliphatic heterocycles. The Morgan fingerprint density at radius 3 is 2.68 bits per heavy atom. The third kappa shape index (κ3) is 3.41. The monoisotopic (exact) mass is 277 g/mol. The Hall–Kier alpha value is -1.69. The number of aromatic nitrogens is 3. The lowest BCUT2D eigenvalue weighted by Crippen LogP contribution is -2.11. The Morgan fingerprint density at radius 1 is 1.26 bits per heavy atom. The van der Waals surface area contributed by atoms with Crippen LogP contribution in [0, 0.1) is 6.92 Å². The standard InChI is InChI=1S/C13H19N5S/c1-4-11-17-12(14-3)9(2)13(18-11)15-6-5-10-7-19-8-16-10/h7-8H,4-6H2,1-3H3,(H2,14,15,17,18). The highest BCUT2D eigenvalue weighted by atomic mass is 32.1. The zero-order chi connectivity index (χ0) is 13.7. The van der Waals surface area contributed by atoms with E-state index in [9.17, 15) is 0 Å². The van der Waals surface area contributed by atoms with E-state index >= 15 is 0 Å². The number of nitrogens with zero attached hydrogens (tertiary/aromatic N) is 3. The fourth-order valence-corrected chi connectivity index (χ4v) is 2.40. The Bertz CT molecular complexity index is 524. The van der Waals surface area contributed by atoms with Gasteiger partial charge in [-0.25, -0.2) is 15.0 Å². The van der Waals surface area contributed by atoms with Crippen molar-refractivity contribution in [3.05, 3.63) is 28.0 Å². The predicted molar refractivity (Wildman–Crippen MR) is 80.0 cm³/mol. The van der Waals surface area contributed by atoms with Crippen molar-refractivity contribution in [3.8, 4) is 0 Å². The summed E-state index contributed by atoms with van der Waals surface area (Å²) in [7, 11) is 1.88. The van der Waals surface area contributed by atoms with Crippen LogP contribution in [0.15, 0.2) is 10.9 Å². The Labute approximate surface area is 117 Å². The van der Waals surface area contributed by atoms with Crippen molar-refractivity contribution in [3.63, 3.8) is 0 Å². The number of thiazole rings is 1. The summed E-state index contributed by atoms with van der Waals surface area (Å²) in [5.74, 6) is 2.65. The van der Waals surface area contributed by atoms with Crippen LogP contribution in [0.3, 0.4) is 0 Å². The van der Waals surface area contributed by atoms with Crippen LogP contribution in [0.4, 0.5) is 11.6 Å². The molecule has 0 radical (unpaired) electrons. The van der Waals surface area contributed by atoms with Crippen LogP contribution in [0.2, 0.25) is 0 Å². The van der Waals surface area contributed by atoms with Crippen LogP contribution < -0.4 is 10.6 Å². The second kappa shape index (κ2) is 6.47. The highest BCUT2D eigenvalue weighted by molar-refractivity contribution is 7.07. The number of aryl methyl sites for hydroxylation is 1. The molecule has 2 heterocycles. The molecule has 0 saturated heterocycles. The molecule has 2 rings (SSSR count). The second-order valence-corrected chi connectivity index (χ2v) is 4.94. The van der Waals surface area contributed by atoms with Gasteiger partial charge in [0.25, 0.3) is 0 Å². The second-order valence-electron chi connectivity index (χ2n) is 4.22. The lowest BCUT2D eigenvalue weighted by molar-refractivity contribution is 0.911. The first kappa shape index (κ1) is 13.7. The van der Waals surface area contributed by atoms with Crippen molar-refractivity contribution >= 4 is 23.0 Å². The Morgan fingerprint density at radius 2 is 2.05 bits per heavy atom. The SMILES string of the molecule is CCc1nc(NC)c(C)c(NCCc2cscn2)n1. The summed E-state index contributed by atoms with van der Waals surface area (Å²) in [6.07, 6.45) is 1.74. The van der Waals surface area contributed by atoms with E-state index in [0.29, 0.717) is 0 Å². The van der Waals surface area contributed by atoms with Crippen LogP contribution in [-0.2, 0) is 12.8 Å². The number of hydrogen-bond acceptors (Lipinski definition) is 6. The zero-order valence-electron chi connectivity index (χ0n) is 11.5. The number of nitrogens with one attached hydrogen (secondary N) is 2. The van der Waals surface area contributed by atoms with Crippen molar-refractivity contribution in [2.45, 2.75) is 26.7 Å². The molecule has 2 N–H and O–H groups in total. The van der Waals surface area contributed by atoms with Gasteiger partial charge in [-0.1, -0.05) is 6.92 Å². The topological polar surface area (TPSA) is 62.7 Å². The maximum atomic E-state index is 4.54. The smallest absolute Gasteiger partial charge is 0.134 e. The van der Waals surface area contributed by atoms with Gasteiger partial charge in [0.1, 0.15) is 17.5 Å². The molecule has 0 unspecified atom stereocenters. The van der Waals surface area contributed by atoms with Crippen molar-refractivity contribution < 1.29 is 0 Å². The third-order valence-electron chi connectivity index (χ3n) is 2.90. The van der Waals surface area contributed by atoms with Crippen LogP contribution in [0.5, 0.6) is 0 Å². The van der Waals surface area contributed by atoms with E-state index in [-0.39, 0.29) is 0 Å². The first-order valence-corrected chi connectivity index (χ1v) is 7.35. The quantitative estimate of drug-likeness (QED) is 0.849. The third-order valence-corrected chi connectivity index (χ3v) is 3.54. The average molecular weight is 277 g/mol. The molecule has 0 atom stereocenters. The molecule has 102 valence electrons. The van der Waals surface area contributed by atoms with Crippen LogP contribution in [-0.4, -0.2) is 28.5 Å². The van der Waals surface area contributed by atoms with Crippen molar-refractivity contribution in [2.24, 2.45) is 0 Å². The highest BCUT2D eigenvalue weighted by Gasteiger charge is 2.08. The minimum absolute atomic E-state index is 0.827. The molecule has 2 aromatic heterocycles. The van der Waals surface area contributed by atoms with Gasteiger partial charge in [-0.2, -0.15) is 0 Å². The fraction of sp³-hybridized carbons (Fsp3) is 0.462. The van der Waals surface area contributed by atoms with Crippen LogP contribution in [0.25, 0.3) is 0 Å². The van der Waals surface area contributed by atoms with Crippen molar-refractivity contribution in [1.29, 1.82) is 0 Å². The Balaban J connectivity index is 2.06. The molecule has 0 saturated carbocycles. The fourth-order valence-electron chi connectivity index (χ4n) is 1.81. The summed E-state index contributed by atoms with van der Waals surface area (Å²) in [4.78, 5) is 13.3. The lowest BCUT2D eigenvalue weighted by Gasteiger charge is -2.12. The molecule has 0 aromatic carbocycles.